The average Bonchev–Trinajstić information content (AvgIpc) is 3.29. The quantitative estimate of drug-likeness (QED) is 0.852. The van der Waals surface area contributed by atoms with Crippen molar-refractivity contribution in [2.75, 3.05) is 13.2 Å². The van der Waals surface area contributed by atoms with Crippen molar-refractivity contribution in [1.82, 2.24) is 20.0 Å². The molecule has 7 heteroatoms. The Morgan fingerprint density at radius 3 is 3.17 bits per heavy atom. The second-order valence-electron chi connectivity index (χ2n) is 6.22. The second-order valence-corrected chi connectivity index (χ2v) is 6.22. The maximum Gasteiger partial charge on any atom is 0.227 e. The van der Waals surface area contributed by atoms with Gasteiger partial charge in [-0.05, 0) is 31.4 Å². The first-order chi connectivity index (χ1) is 11.8. The molecular formula is C17H20N4O3. The van der Waals surface area contributed by atoms with Gasteiger partial charge >= 0.3 is 0 Å². The van der Waals surface area contributed by atoms with Gasteiger partial charge in [-0.25, -0.2) is 0 Å². The number of morpholine rings is 1. The van der Waals surface area contributed by atoms with E-state index in [-0.39, 0.29) is 18.1 Å². The Bertz CT molecular complexity index is 703. The number of ether oxygens (including phenoxy) is 1. The molecule has 24 heavy (non-hydrogen) atoms. The Morgan fingerprint density at radius 1 is 1.33 bits per heavy atom. The van der Waals surface area contributed by atoms with Crippen molar-refractivity contribution in [2.24, 2.45) is 0 Å². The number of hydrogen-bond donors (Lipinski definition) is 0. The molecule has 1 aliphatic carbocycles. The molecule has 0 aromatic carbocycles. The summed E-state index contributed by atoms with van der Waals surface area (Å²) in [7, 11) is 0. The van der Waals surface area contributed by atoms with Crippen molar-refractivity contribution in [2.45, 2.75) is 44.2 Å². The lowest BCUT2D eigenvalue weighted by Gasteiger charge is -2.37. The average molecular weight is 328 g/mol. The topological polar surface area (TPSA) is 81.3 Å². The van der Waals surface area contributed by atoms with Gasteiger partial charge in [-0.3, -0.25) is 9.78 Å². The minimum atomic E-state index is 0.146. The van der Waals surface area contributed by atoms with Crippen molar-refractivity contribution in [3.8, 4) is 11.5 Å². The van der Waals surface area contributed by atoms with Gasteiger partial charge in [-0.1, -0.05) is 11.2 Å². The molecule has 1 aliphatic heterocycles. The van der Waals surface area contributed by atoms with Crippen LogP contribution in [0.1, 0.15) is 31.6 Å². The van der Waals surface area contributed by atoms with Gasteiger partial charge in [0, 0.05) is 25.6 Å². The molecule has 2 aromatic rings. The standard InChI is InChI=1S/C17H20N4O3/c22-16(21-10-11-23-14-6-3-5-13(14)21)8-7-15-19-17(20-24-15)12-4-1-2-9-18-12/h1-2,4,9,13-14H,3,5-8,10-11H2/t13-,14-/m0/s1. The SMILES string of the molecule is O=C(CCc1nc(-c2ccccn2)no1)N1CCO[C@H]2CCC[C@@H]21. The molecule has 0 N–H and O–H groups in total. The highest BCUT2D eigenvalue weighted by atomic mass is 16.5. The summed E-state index contributed by atoms with van der Waals surface area (Å²) >= 11 is 0. The smallest absolute Gasteiger partial charge is 0.227 e. The van der Waals surface area contributed by atoms with E-state index < -0.39 is 0 Å². The fourth-order valence-corrected chi connectivity index (χ4v) is 3.55. The summed E-state index contributed by atoms with van der Waals surface area (Å²) in [6.45, 7) is 1.32. The molecular weight excluding hydrogens is 308 g/mol. The Balaban J connectivity index is 1.37. The molecule has 0 spiro atoms. The summed E-state index contributed by atoms with van der Waals surface area (Å²) in [5.41, 5.74) is 0.667. The molecule has 1 saturated carbocycles. The number of rotatable bonds is 4. The van der Waals surface area contributed by atoms with E-state index in [1.54, 1.807) is 6.20 Å². The van der Waals surface area contributed by atoms with Crippen molar-refractivity contribution >= 4 is 5.91 Å². The van der Waals surface area contributed by atoms with E-state index in [1.165, 1.54) is 0 Å². The van der Waals surface area contributed by atoms with Gasteiger partial charge in [-0.15, -0.1) is 0 Å². The summed E-state index contributed by atoms with van der Waals surface area (Å²) in [6, 6.07) is 5.78. The number of hydrogen-bond acceptors (Lipinski definition) is 6. The number of aryl methyl sites for hydroxylation is 1. The van der Waals surface area contributed by atoms with E-state index in [9.17, 15) is 4.79 Å². The highest BCUT2D eigenvalue weighted by Gasteiger charge is 2.38. The van der Waals surface area contributed by atoms with Gasteiger partial charge in [-0.2, -0.15) is 4.98 Å². The molecule has 1 amide bonds. The van der Waals surface area contributed by atoms with Crippen LogP contribution < -0.4 is 0 Å². The third-order valence-electron chi connectivity index (χ3n) is 4.72. The zero-order valence-electron chi connectivity index (χ0n) is 13.4. The molecule has 1 saturated heterocycles. The first kappa shape index (κ1) is 15.3. The normalized spacial score (nSPS) is 23.2. The number of carbonyl (C=O) groups is 1. The molecule has 2 aliphatic rings. The van der Waals surface area contributed by atoms with Crippen LogP contribution in [0, 0.1) is 0 Å². The predicted molar refractivity (Wildman–Crippen MR) is 84.9 cm³/mol. The third-order valence-corrected chi connectivity index (χ3v) is 4.72. The first-order valence-electron chi connectivity index (χ1n) is 8.46. The van der Waals surface area contributed by atoms with E-state index >= 15 is 0 Å². The van der Waals surface area contributed by atoms with E-state index in [4.69, 9.17) is 9.26 Å². The predicted octanol–water partition coefficient (Wildman–Crippen LogP) is 1.84. The summed E-state index contributed by atoms with van der Waals surface area (Å²) < 4.78 is 11.0. The summed E-state index contributed by atoms with van der Waals surface area (Å²) in [6.07, 6.45) is 5.98. The van der Waals surface area contributed by atoms with Crippen LogP contribution in [0.5, 0.6) is 0 Å². The molecule has 0 bridgehead atoms. The zero-order chi connectivity index (χ0) is 16.4. The lowest BCUT2D eigenvalue weighted by Crippen LogP contribution is -2.51. The molecule has 2 aromatic heterocycles. The van der Waals surface area contributed by atoms with Crippen LogP contribution in [0.4, 0.5) is 0 Å². The molecule has 3 heterocycles. The maximum absolute atomic E-state index is 12.6. The fraction of sp³-hybridized carbons (Fsp3) is 0.529. The van der Waals surface area contributed by atoms with Crippen LogP contribution in [0.2, 0.25) is 0 Å². The third kappa shape index (κ3) is 3.03. The van der Waals surface area contributed by atoms with E-state index in [1.807, 2.05) is 23.1 Å². The van der Waals surface area contributed by atoms with Crippen molar-refractivity contribution in [3.05, 3.63) is 30.3 Å². The lowest BCUT2D eigenvalue weighted by atomic mass is 10.1. The lowest BCUT2D eigenvalue weighted by molar-refractivity contribution is -0.144. The van der Waals surface area contributed by atoms with Crippen LogP contribution in [-0.4, -0.2) is 51.2 Å². The molecule has 0 unspecified atom stereocenters. The van der Waals surface area contributed by atoms with Crippen LogP contribution in [0.25, 0.3) is 11.5 Å². The Hall–Kier alpha value is -2.28. The number of pyridine rings is 1. The molecule has 4 rings (SSSR count). The van der Waals surface area contributed by atoms with Gasteiger partial charge in [0.15, 0.2) is 0 Å². The largest absolute Gasteiger partial charge is 0.374 e. The van der Waals surface area contributed by atoms with Gasteiger partial charge in [0.05, 0.1) is 18.8 Å². The number of amides is 1. The molecule has 126 valence electrons. The highest BCUT2D eigenvalue weighted by molar-refractivity contribution is 5.77. The monoisotopic (exact) mass is 328 g/mol. The van der Waals surface area contributed by atoms with Crippen molar-refractivity contribution < 1.29 is 14.1 Å². The molecule has 0 radical (unpaired) electrons. The Kier molecular flexibility index (Phi) is 4.25. The minimum Gasteiger partial charge on any atom is -0.374 e. The summed E-state index contributed by atoms with van der Waals surface area (Å²) in [4.78, 5) is 23.1. The minimum absolute atomic E-state index is 0.146. The number of nitrogens with zero attached hydrogens (tertiary/aromatic N) is 4. The van der Waals surface area contributed by atoms with Gasteiger partial charge in [0.25, 0.3) is 0 Å². The van der Waals surface area contributed by atoms with Gasteiger partial charge in [0.2, 0.25) is 17.6 Å². The molecule has 7 nitrogen and oxygen atoms in total. The van der Waals surface area contributed by atoms with E-state index in [0.717, 1.165) is 19.3 Å². The number of carbonyl (C=O) groups excluding carboxylic acids is 1. The first-order valence-corrected chi connectivity index (χ1v) is 8.46. The second kappa shape index (κ2) is 6.68. The van der Waals surface area contributed by atoms with Crippen LogP contribution in [-0.2, 0) is 16.0 Å². The maximum atomic E-state index is 12.6. The highest BCUT2D eigenvalue weighted by Crippen LogP contribution is 2.30. The van der Waals surface area contributed by atoms with Crippen molar-refractivity contribution in [3.63, 3.8) is 0 Å². The zero-order valence-corrected chi connectivity index (χ0v) is 13.4. The summed E-state index contributed by atoms with van der Waals surface area (Å²) in [5, 5.41) is 3.94. The van der Waals surface area contributed by atoms with Gasteiger partial charge in [0.1, 0.15) is 5.69 Å². The van der Waals surface area contributed by atoms with E-state index in [2.05, 4.69) is 15.1 Å². The van der Waals surface area contributed by atoms with Crippen molar-refractivity contribution in [1.29, 1.82) is 0 Å². The fourth-order valence-electron chi connectivity index (χ4n) is 3.55. The van der Waals surface area contributed by atoms with Crippen LogP contribution in [0.15, 0.2) is 28.9 Å². The van der Waals surface area contributed by atoms with E-state index in [0.29, 0.717) is 43.4 Å². The number of aromatic nitrogens is 3. The molecule has 2 atom stereocenters. The Labute approximate surface area is 140 Å². The molecule has 2 fully saturated rings. The van der Waals surface area contributed by atoms with Gasteiger partial charge < -0.3 is 14.2 Å². The number of fused-ring (bicyclic) bond motifs is 1. The summed E-state index contributed by atoms with van der Waals surface area (Å²) in [5.74, 6) is 1.08. The van der Waals surface area contributed by atoms with Crippen LogP contribution >= 0.6 is 0 Å². The Morgan fingerprint density at radius 2 is 2.29 bits per heavy atom. The van der Waals surface area contributed by atoms with Crippen LogP contribution in [0.3, 0.4) is 0 Å².